The number of alkyl halides is 18. The lowest BCUT2D eigenvalue weighted by molar-refractivity contribution is -0.462. The van der Waals surface area contributed by atoms with Gasteiger partial charge >= 0.3 is 77.7 Å². The number of ether oxygens (including phenoxy) is 6. The molecule has 1 aromatic rings. The molecule has 0 N–H and O–H groups in total. The van der Waals surface area contributed by atoms with Gasteiger partial charge in [-0.05, 0) is 39.7 Å². The molecule has 0 heterocycles. The maximum Gasteiger partial charge on any atom is 0.508 e. The van der Waals surface area contributed by atoms with Crippen molar-refractivity contribution in [1.29, 1.82) is 0 Å². The van der Waals surface area contributed by atoms with Gasteiger partial charge in [-0.1, -0.05) is 46.3 Å². The van der Waals surface area contributed by atoms with Crippen LogP contribution in [0.15, 0.2) is 30.3 Å². The second-order valence-electron chi connectivity index (χ2n) is 15.0. The number of benzene rings is 1. The van der Waals surface area contributed by atoms with Crippen molar-refractivity contribution in [3.8, 4) is 0 Å². The molecule has 0 aliphatic rings. The van der Waals surface area contributed by atoms with Gasteiger partial charge in [-0.25, -0.2) is 4.79 Å². The molecule has 0 fully saturated rings. The van der Waals surface area contributed by atoms with Gasteiger partial charge in [0.05, 0.1) is 12.5 Å². The lowest BCUT2D eigenvalue weighted by Crippen LogP contribution is -2.74. The number of halogens is 18. The first-order valence-electron chi connectivity index (χ1n) is 17.3. The molecule has 368 valence electrons. The minimum atomic E-state index is -8.90. The highest BCUT2D eigenvalue weighted by molar-refractivity contribution is 9.09. The summed E-state index contributed by atoms with van der Waals surface area (Å²) in [6.07, 6.45) is -9.98. The van der Waals surface area contributed by atoms with Crippen LogP contribution in [0.3, 0.4) is 0 Å². The van der Waals surface area contributed by atoms with Crippen LogP contribution in [-0.4, -0.2) is 118 Å². The summed E-state index contributed by atoms with van der Waals surface area (Å²) < 4.78 is 261. The van der Waals surface area contributed by atoms with Gasteiger partial charge in [0.2, 0.25) is 0 Å². The van der Waals surface area contributed by atoms with Crippen molar-refractivity contribution >= 4 is 46.0 Å². The predicted molar refractivity (Wildman–Crippen MR) is 181 cm³/mol. The smallest absolute Gasteiger partial charge is 0.468 e. The Kier molecular flexibility index (Phi) is 17.7. The van der Waals surface area contributed by atoms with E-state index in [2.05, 4.69) is 34.9 Å². The van der Waals surface area contributed by atoms with Gasteiger partial charge in [0.25, 0.3) is 0 Å². The van der Waals surface area contributed by atoms with Gasteiger partial charge < -0.3 is 28.4 Å². The van der Waals surface area contributed by atoms with Gasteiger partial charge in [0, 0.05) is 11.8 Å². The topological polar surface area (TPSA) is 141 Å². The first-order chi connectivity index (χ1) is 28.5. The second-order valence-corrected chi connectivity index (χ2v) is 16.1. The summed E-state index contributed by atoms with van der Waals surface area (Å²) in [6, 6.07) is 8.13. The highest BCUT2D eigenvalue weighted by Gasteiger charge is 2.95. The molecule has 0 saturated heterocycles. The van der Waals surface area contributed by atoms with E-state index in [4.69, 9.17) is 9.47 Å². The average molecular weight is 1040 g/mol. The van der Waals surface area contributed by atoms with Gasteiger partial charge in [-0.3, -0.25) is 19.2 Å². The van der Waals surface area contributed by atoms with Crippen LogP contribution in [0.1, 0.15) is 51.4 Å². The van der Waals surface area contributed by atoms with E-state index in [0.29, 0.717) is 12.5 Å². The second kappa shape index (κ2) is 19.6. The van der Waals surface area contributed by atoms with Gasteiger partial charge in [-0.15, -0.1) is 0 Å². The summed E-state index contributed by atoms with van der Waals surface area (Å²) in [5.41, 5.74) is -5.95. The van der Waals surface area contributed by atoms with Crippen LogP contribution >= 0.6 is 15.9 Å². The Balaban J connectivity index is 3.55. The van der Waals surface area contributed by atoms with Crippen LogP contribution in [0, 0.1) is 16.2 Å². The van der Waals surface area contributed by atoms with E-state index in [1.54, 1.807) is 30.3 Å². The average Bonchev–Trinajstić information content (AvgIpc) is 3.18. The Morgan fingerprint density at radius 1 is 0.516 bits per heavy atom. The van der Waals surface area contributed by atoms with E-state index in [1.165, 1.54) is 13.8 Å². The summed E-state index contributed by atoms with van der Waals surface area (Å²) in [6.45, 7) is -3.77. The lowest BCUT2D eigenvalue weighted by Gasteiger charge is -2.42. The van der Waals surface area contributed by atoms with Crippen LogP contribution in [0.25, 0.3) is 0 Å². The van der Waals surface area contributed by atoms with E-state index < -0.39 is 132 Å². The number of hydrogen-bond donors (Lipinski definition) is 0. The summed E-state index contributed by atoms with van der Waals surface area (Å²) in [4.78, 5) is 61.7. The first-order valence-corrected chi connectivity index (χ1v) is 18.2. The van der Waals surface area contributed by atoms with E-state index in [-0.39, 0.29) is 6.42 Å². The molecule has 0 saturated carbocycles. The number of methoxy groups -OCH3 is 1. The summed E-state index contributed by atoms with van der Waals surface area (Å²) in [5, 5.41) is 0. The maximum atomic E-state index is 14.7. The quantitative estimate of drug-likeness (QED) is 0.0475. The van der Waals surface area contributed by atoms with Crippen LogP contribution in [0.2, 0.25) is 0 Å². The SMILES string of the molecule is COC(=O)C(C)(COC(C)=O)COC(=O)OCC(C)(COC(=O)C(C)(C)CC(Br)c1ccccc1)C(=O)OCC(F)(F)C(F)(F)C(F)(F)C(F)(F)C(F)(F)C(F)(F)C(F)(F)C(F)(F)F. The molecule has 3 unspecified atom stereocenters. The van der Waals surface area contributed by atoms with E-state index in [1.807, 2.05) is 0 Å². The zero-order valence-electron chi connectivity index (χ0n) is 33.5. The molecular formula is C35H36BrF17O11. The highest BCUT2D eigenvalue weighted by atomic mass is 79.9. The number of carbonyl (C=O) groups excluding carboxylic acids is 5. The van der Waals surface area contributed by atoms with Gasteiger partial charge in [0.15, 0.2) is 6.61 Å². The zero-order chi connectivity index (χ0) is 50.6. The molecule has 3 atom stereocenters. The van der Waals surface area contributed by atoms with Crippen molar-refractivity contribution in [3.05, 3.63) is 35.9 Å². The minimum Gasteiger partial charge on any atom is -0.468 e. The molecule has 0 spiro atoms. The van der Waals surface area contributed by atoms with Crippen LogP contribution in [0.5, 0.6) is 0 Å². The fourth-order valence-corrected chi connectivity index (χ4v) is 5.77. The monoisotopic (exact) mass is 1030 g/mol. The Morgan fingerprint density at radius 2 is 0.891 bits per heavy atom. The van der Waals surface area contributed by atoms with Crippen molar-refractivity contribution < 1.29 is 127 Å². The van der Waals surface area contributed by atoms with Crippen molar-refractivity contribution in [3.63, 3.8) is 0 Å². The number of rotatable bonds is 22. The summed E-state index contributed by atoms with van der Waals surface area (Å²) in [5.74, 6) is -64.8. The molecule has 0 aromatic heterocycles. The van der Waals surface area contributed by atoms with Crippen molar-refractivity contribution in [2.24, 2.45) is 16.2 Å². The molecular weight excluding hydrogens is 999 g/mol. The molecule has 0 aliphatic heterocycles. The van der Waals surface area contributed by atoms with Crippen LogP contribution in [0.4, 0.5) is 79.4 Å². The third kappa shape index (κ3) is 11.7. The molecule has 1 aromatic carbocycles. The number of esters is 4. The van der Waals surface area contributed by atoms with Gasteiger partial charge in [0.1, 0.15) is 37.3 Å². The fraction of sp³-hybridized carbons (Fsp3) is 0.686. The molecule has 0 bridgehead atoms. The van der Waals surface area contributed by atoms with Crippen molar-refractivity contribution in [1.82, 2.24) is 0 Å². The zero-order valence-corrected chi connectivity index (χ0v) is 35.1. The highest BCUT2D eigenvalue weighted by Crippen LogP contribution is 2.64. The van der Waals surface area contributed by atoms with Crippen molar-refractivity contribution in [2.45, 2.75) is 93.5 Å². The van der Waals surface area contributed by atoms with E-state index in [9.17, 15) is 98.6 Å². The Labute approximate surface area is 358 Å². The van der Waals surface area contributed by atoms with Crippen LogP contribution < -0.4 is 0 Å². The van der Waals surface area contributed by atoms with Gasteiger partial charge in [-0.2, -0.15) is 74.6 Å². The summed E-state index contributed by atoms with van der Waals surface area (Å²) >= 11 is 3.32. The Bertz CT molecular complexity index is 1830. The number of hydrogen-bond acceptors (Lipinski definition) is 11. The lowest BCUT2D eigenvalue weighted by atomic mass is 9.86. The van der Waals surface area contributed by atoms with E-state index in [0.717, 1.165) is 21.0 Å². The van der Waals surface area contributed by atoms with Crippen LogP contribution in [-0.2, 0) is 47.6 Å². The minimum absolute atomic E-state index is 0.120. The molecule has 0 aliphatic carbocycles. The Hall–Kier alpha value is -4.34. The normalized spacial score (nSPS) is 16.1. The molecule has 0 radical (unpaired) electrons. The maximum absolute atomic E-state index is 14.7. The third-order valence-electron chi connectivity index (χ3n) is 8.88. The molecule has 1 rings (SSSR count). The predicted octanol–water partition coefficient (Wildman–Crippen LogP) is 9.54. The van der Waals surface area contributed by atoms with Crippen molar-refractivity contribution in [2.75, 3.05) is 40.1 Å². The Morgan fingerprint density at radius 3 is 1.31 bits per heavy atom. The third-order valence-corrected chi connectivity index (χ3v) is 9.73. The largest absolute Gasteiger partial charge is 0.508 e. The molecule has 11 nitrogen and oxygen atoms in total. The fourth-order valence-electron chi connectivity index (χ4n) is 4.65. The summed E-state index contributed by atoms with van der Waals surface area (Å²) in [7, 11) is 0.853. The standard InChI is InChI=1S/C35H36BrF17O11/c1-18(54)60-13-26(4,22(56)59-6)15-63-24(58)64-16-27(5,14-61-21(55)25(2,3)12-20(36)19-10-8-7-9-11-19)23(57)62-17-28(37,38)29(39,40)30(41,42)31(43,44)32(45,46)33(47,48)34(49,50)35(51,52)53/h7-11,20H,12-17H2,1-6H3. The van der Waals surface area contributed by atoms with E-state index >= 15 is 0 Å². The molecule has 29 heteroatoms. The first kappa shape index (κ1) is 57.7. The molecule has 0 amide bonds. The number of carbonyl (C=O) groups is 5. The molecule has 64 heavy (non-hydrogen) atoms.